The number of urea groups is 1. The maximum Gasteiger partial charge on any atom is 0.322 e. The highest BCUT2D eigenvalue weighted by atomic mass is 35.5. The highest BCUT2D eigenvalue weighted by Crippen LogP contribution is 2.27. The number of amides is 4. The topological polar surface area (TPSA) is 99.6 Å². The van der Waals surface area contributed by atoms with E-state index >= 15 is 0 Å². The number of hydrogen-bond donors (Lipinski definition) is 2. The van der Waals surface area contributed by atoms with Crippen molar-refractivity contribution in [3.05, 3.63) is 46.0 Å². The van der Waals surface area contributed by atoms with Crippen LogP contribution in [0.15, 0.2) is 18.2 Å². The summed E-state index contributed by atoms with van der Waals surface area (Å²) in [7, 11) is 3.22. The van der Waals surface area contributed by atoms with E-state index in [9.17, 15) is 18.8 Å². The highest BCUT2D eigenvalue weighted by molar-refractivity contribution is 6.31. The van der Waals surface area contributed by atoms with Crippen molar-refractivity contribution in [1.82, 2.24) is 24.9 Å². The van der Waals surface area contributed by atoms with Gasteiger partial charge in [0.15, 0.2) is 0 Å². The summed E-state index contributed by atoms with van der Waals surface area (Å²) >= 11 is 5.78. The molecule has 3 heterocycles. The van der Waals surface area contributed by atoms with Gasteiger partial charge in [-0.3, -0.25) is 14.3 Å². The van der Waals surface area contributed by atoms with Crippen LogP contribution < -0.4 is 10.6 Å². The third-order valence-electron chi connectivity index (χ3n) is 5.61. The Kier molecular flexibility index (Phi) is 5.57. The number of rotatable bonds is 2. The Balaban J connectivity index is 1.57. The van der Waals surface area contributed by atoms with Gasteiger partial charge in [0.1, 0.15) is 11.5 Å². The van der Waals surface area contributed by atoms with Crippen molar-refractivity contribution in [1.29, 1.82) is 0 Å². The van der Waals surface area contributed by atoms with Gasteiger partial charge in [0.25, 0.3) is 5.91 Å². The smallest absolute Gasteiger partial charge is 0.322 e. The Bertz CT molecular complexity index is 1070. The lowest BCUT2D eigenvalue weighted by atomic mass is 10.0. The van der Waals surface area contributed by atoms with Crippen molar-refractivity contribution >= 4 is 35.1 Å². The molecule has 2 aromatic rings. The molecule has 2 aliphatic rings. The predicted molar refractivity (Wildman–Crippen MR) is 111 cm³/mol. The fraction of sp³-hybridized carbons (Fsp3) is 0.400. The van der Waals surface area contributed by atoms with Gasteiger partial charge in [0, 0.05) is 44.9 Å². The Hall–Kier alpha value is -3.14. The molecule has 0 bridgehead atoms. The van der Waals surface area contributed by atoms with Crippen molar-refractivity contribution in [2.45, 2.75) is 19.5 Å². The second-order valence-corrected chi connectivity index (χ2v) is 8.09. The molecule has 0 aliphatic carbocycles. The van der Waals surface area contributed by atoms with Crippen molar-refractivity contribution in [3.63, 3.8) is 0 Å². The lowest BCUT2D eigenvalue weighted by Gasteiger charge is -2.27. The van der Waals surface area contributed by atoms with Crippen LogP contribution in [0.25, 0.3) is 0 Å². The van der Waals surface area contributed by atoms with E-state index in [0.717, 1.165) is 5.69 Å². The number of nitrogens with one attached hydrogen (secondary N) is 2. The first-order chi connectivity index (χ1) is 14.8. The number of anilines is 1. The summed E-state index contributed by atoms with van der Waals surface area (Å²) in [5.74, 6) is -1.36. The van der Waals surface area contributed by atoms with Crippen LogP contribution in [0.5, 0.6) is 0 Å². The first kappa shape index (κ1) is 21.1. The van der Waals surface area contributed by atoms with Gasteiger partial charge in [-0.25, -0.2) is 9.18 Å². The summed E-state index contributed by atoms with van der Waals surface area (Å²) in [5.41, 5.74) is 2.22. The van der Waals surface area contributed by atoms with Crippen LogP contribution in [-0.2, 0) is 24.3 Å². The summed E-state index contributed by atoms with van der Waals surface area (Å²) in [6, 6.07) is 3.57. The monoisotopic (exact) mass is 448 g/mol. The minimum Gasteiger partial charge on any atom is -0.359 e. The predicted octanol–water partition coefficient (Wildman–Crippen LogP) is 1.71. The van der Waals surface area contributed by atoms with Crippen LogP contribution >= 0.6 is 11.6 Å². The Morgan fingerprint density at radius 3 is 2.77 bits per heavy atom. The summed E-state index contributed by atoms with van der Waals surface area (Å²) in [4.78, 5) is 41.1. The molecule has 1 atom stereocenters. The number of carbonyl (C=O) groups excluding carboxylic acids is 3. The molecule has 0 fully saturated rings. The molecule has 0 saturated carbocycles. The van der Waals surface area contributed by atoms with Gasteiger partial charge in [0.2, 0.25) is 5.91 Å². The van der Waals surface area contributed by atoms with Gasteiger partial charge in [-0.1, -0.05) is 11.6 Å². The first-order valence-electron chi connectivity index (χ1n) is 9.85. The Morgan fingerprint density at radius 1 is 1.29 bits per heavy atom. The zero-order valence-electron chi connectivity index (χ0n) is 17.1. The van der Waals surface area contributed by atoms with E-state index in [1.54, 1.807) is 23.7 Å². The molecule has 2 N–H and O–H groups in total. The van der Waals surface area contributed by atoms with Crippen LogP contribution in [0.2, 0.25) is 5.02 Å². The van der Waals surface area contributed by atoms with Crippen LogP contribution in [0, 0.1) is 11.7 Å². The summed E-state index contributed by atoms with van der Waals surface area (Å²) < 4.78 is 15.0. The van der Waals surface area contributed by atoms with Crippen LogP contribution in [-0.4, -0.2) is 64.6 Å². The Labute approximate surface area is 183 Å². The molecule has 31 heavy (non-hydrogen) atoms. The summed E-state index contributed by atoms with van der Waals surface area (Å²) in [6.07, 6.45) is 0.481. The molecule has 1 aromatic carbocycles. The lowest BCUT2D eigenvalue weighted by Crippen LogP contribution is -2.40. The van der Waals surface area contributed by atoms with E-state index in [0.29, 0.717) is 36.5 Å². The van der Waals surface area contributed by atoms with E-state index in [2.05, 4.69) is 15.7 Å². The number of hydrogen-bond acceptors (Lipinski definition) is 4. The van der Waals surface area contributed by atoms with Crippen LogP contribution in [0.1, 0.15) is 21.7 Å². The zero-order valence-corrected chi connectivity index (χ0v) is 17.9. The second-order valence-electron chi connectivity index (χ2n) is 7.68. The minimum absolute atomic E-state index is 0.0833. The number of halogens is 2. The van der Waals surface area contributed by atoms with Gasteiger partial charge in [0.05, 0.1) is 29.7 Å². The van der Waals surface area contributed by atoms with Gasteiger partial charge >= 0.3 is 6.03 Å². The summed E-state index contributed by atoms with van der Waals surface area (Å²) in [6.45, 7) is 1.19. The fourth-order valence-corrected chi connectivity index (χ4v) is 4.16. The van der Waals surface area contributed by atoms with E-state index < -0.39 is 11.7 Å². The number of carbonyl (C=O) groups is 3. The van der Waals surface area contributed by atoms with Crippen LogP contribution in [0.4, 0.5) is 14.9 Å². The number of benzene rings is 1. The van der Waals surface area contributed by atoms with Crippen LogP contribution in [0.3, 0.4) is 0 Å². The quantitative estimate of drug-likeness (QED) is 0.730. The van der Waals surface area contributed by atoms with Gasteiger partial charge in [-0.15, -0.1) is 0 Å². The van der Waals surface area contributed by atoms with Gasteiger partial charge in [-0.05, 0) is 18.2 Å². The molecule has 0 saturated heterocycles. The molecule has 1 aromatic heterocycles. The Morgan fingerprint density at radius 2 is 2.06 bits per heavy atom. The maximum atomic E-state index is 13.4. The second kappa shape index (κ2) is 8.18. The molecule has 164 valence electrons. The largest absolute Gasteiger partial charge is 0.359 e. The molecule has 4 rings (SSSR count). The normalized spacial score (nSPS) is 18.2. The average Bonchev–Trinajstić information content (AvgIpc) is 3.05. The molecule has 0 spiro atoms. The first-order valence-corrected chi connectivity index (χ1v) is 10.2. The SMILES string of the molecule is CNC(=O)C1CN(C)C(=O)c2c3c(nn2C1)CCN(C(=O)Nc1ccc(F)c(Cl)c1)C3. The van der Waals surface area contributed by atoms with E-state index in [1.807, 2.05) is 0 Å². The van der Waals surface area contributed by atoms with Gasteiger partial charge in [-0.2, -0.15) is 5.10 Å². The van der Waals surface area contributed by atoms with Gasteiger partial charge < -0.3 is 20.4 Å². The third kappa shape index (κ3) is 3.95. The number of aromatic nitrogens is 2. The lowest BCUT2D eigenvalue weighted by molar-refractivity contribution is -0.125. The van der Waals surface area contributed by atoms with E-state index in [-0.39, 0.29) is 36.0 Å². The van der Waals surface area contributed by atoms with E-state index in [1.165, 1.54) is 23.1 Å². The van der Waals surface area contributed by atoms with Crippen molar-refractivity contribution < 1.29 is 18.8 Å². The standard InChI is InChI=1S/C20H22ClFN6O3/c1-23-18(29)11-8-26(2)19(30)17-13-10-27(6-5-16(13)25-28(17)9-11)20(31)24-12-3-4-15(22)14(21)7-12/h3-4,7,11H,5-6,8-10H2,1-2H3,(H,23,29)(H,24,31). The average molecular weight is 449 g/mol. The number of fused-ring (bicyclic) bond motifs is 3. The highest BCUT2D eigenvalue weighted by Gasteiger charge is 2.36. The molecule has 0 radical (unpaired) electrons. The zero-order chi connectivity index (χ0) is 22.3. The number of nitrogens with zero attached hydrogens (tertiary/aromatic N) is 4. The minimum atomic E-state index is -0.567. The van der Waals surface area contributed by atoms with Crippen molar-refractivity contribution in [2.75, 3.05) is 32.5 Å². The molecular formula is C20H22ClFN6O3. The molecular weight excluding hydrogens is 427 g/mol. The maximum absolute atomic E-state index is 13.4. The van der Waals surface area contributed by atoms with Crippen molar-refractivity contribution in [3.8, 4) is 0 Å². The fourth-order valence-electron chi connectivity index (χ4n) is 3.98. The molecule has 1 unspecified atom stereocenters. The van der Waals surface area contributed by atoms with Crippen molar-refractivity contribution in [2.24, 2.45) is 5.92 Å². The molecule has 4 amide bonds. The molecule has 2 aliphatic heterocycles. The molecule has 9 nitrogen and oxygen atoms in total. The third-order valence-corrected chi connectivity index (χ3v) is 5.90. The molecule has 11 heteroatoms. The summed E-state index contributed by atoms with van der Waals surface area (Å²) in [5, 5.41) is 9.83. The van der Waals surface area contributed by atoms with E-state index in [4.69, 9.17) is 11.6 Å².